The normalized spacial score (nSPS) is 30.8. The van der Waals surface area contributed by atoms with Crippen molar-refractivity contribution in [2.45, 2.75) is 49.8 Å². The van der Waals surface area contributed by atoms with E-state index < -0.39 is 18.6 Å². The summed E-state index contributed by atoms with van der Waals surface area (Å²) in [6.45, 7) is 0.0627. The van der Waals surface area contributed by atoms with E-state index in [0.29, 0.717) is 17.5 Å². The Morgan fingerprint density at radius 3 is 2.55 bits per heavy atom. The maximum atomic E-state index is 12.9. The minimum Gasteiger partial charge on any atom is -0.484 e. The Bertz CT molecular complexity index is 993. The molecule has 1 aromatic carbocycles. The standard InChI is InChI=1S/C21H21F4N3O5/c22-11-1-3-12(4-2-11)30-9-17(29)26-16-8-31-18(15-7-14(15)16)20-28-27-19(32-20)10-5-13(6-10)33-21(23,24)25/h1-4,10,13-16,18H,5-9H2,(H,26,29)/t10?,13?,14-,15+,16+,18+/m0/s1. The van der Waals surface area contributed by atoms with Gasteiger partial charge >= 0.3 is 6.36 Å². The first-order valence-corrected chi connectivity index (χ1v) is 10.6. The van der Waals surface area contributed by atoms with E-state index in [1.807, 2.05) is 0 Å². The van der Waals surface area contributed by atoms with E-state index in [1.165, 1.54) is 24.3 Å². The molecule has 5 rings (SSSR count). The van der Waals surface area contributed by atoms with Gasteiger partial charge in [0, 0.05) is 5.92 Å². The fourth-order valence-corrected chi connectivity index (χ4v) is 4.41. The second-order valence-electron chi connectivity index (χ2n) is 8.57. The largest absolute Gasteiger partial charge is 0.522 e. The van der Waals surface area contributed by atoms with Gasteiger partial charge in [0.1, 0.15) is 17.7 Å². The summed E-state index contributed by atoms with van der Waals surface area (Å²) in [4.78, 5) is 12.2. The van der Waals surface area contributed by atoms with Crippen molar-refractivity contribution in [3.63, 3.8) is 0 Å². The molecule has 0 radical (unpaired) electrons. The maximum Gasteiger partial charge on any atom is 0.522 e. The number of hydrogen-bond acceptors (Lipinski definition) is 7. The number of halogens is 4. The molecule has 1 saturated heterocycles. The van der Waals surface area contributed by atoms with E-state index in [9.17, 15) is 22.4 Å². The van der Waals surface area contributed by atoms with Gasteiger partial charge in [0.25, 0.3) is 5.91 Å². The van der Waals surface area contributed by atoms with Crippen LogP contribution in [0.2, 0.25) is 0 Å². The minimum absolute atomic E-state index is 0.109. The number of aromatic nitrogens is 2. The second kappa shape index (κ2) is 8.56. The number of alkyl halides is 3. The average Bonchev–Trinajstić information content (AvgIpc) is 3.40. The average molecular weight is 471 g/mol. The molecule has 1 aliphatic heterocycles. The van der Waals surface area contributed by atoms with Crippen LogP contribution >= 0.6 is 0 Å². The molecule has 12 heteroatoms. The predicted octanol–water partition coefficient (Wildman–Crippen LogP) is 3.26. The molecule has 1 aromatic heterocycles. The molecule has 0 unspecified atom stereocenters. The monoisotopic (exact) mass is 471 g/mol. The molecular formula is C21H21F4N3O5. The summed E-state index contributed by atoms with van der Waals surface area (Å²) in [5.41, 5.74) is 0. The molecule has 4 atom stereocenters. The minimum atomic E-state index is -4.65. The highest BCUT2D eigenvalue weighted by Crippen LogP contribution is 2.54. The van der Waals surface area contributed by atoms with Crippen molar-refractivity contribution in [2.24, 2.45) is 11.8 Å². The molecule has 33 heavy (non-hydrogen) atoms. The van der Waals surface area contributed by atoms with Gasteiger partial charge in [-0.1, -0.05) is 0 Å². The Balaban J connectivity index is 1.08. The quantitative estimate of drug-likeness (QED) is 0.620. The Hall–Kier alpha value is -2.73. The van der Waals surface area contributed by atoms with Crippen molar-refractivity contribution >= 4 is 5.91 Å². The number of hydrogen-bond donors (Lipinski definition) is 1. The van der Waals surface area contributed by atoms with Gasteiger partial charge in [0.2, 0.25) is 11.8 Å². The molecule has 2 aliphatic carbocycles. The predicted molar refractivity (Wildman–Crippen MR) is 101 cm³/mol. The van der Waals surface area contributed by atoms with Gasteiger partial charge in [0.15, 0.2) is 6.61 Å². The molecule has 8 nitrogen and oxygen atoms in total. The number of nitrogens with one attached hydrogen (secondary N) is 1. The van der Waals surface area contributed by atoms with Gasteiger partial charge in [-0.3, -0.25) is 9.53 Å². The maximum absolute atomic E-state index is 12.9. The van der Waals surface area contributed by atoms with Crippen molar-refractivity contribution in [2.75, 3.05) is 13.2 Å². The highest BCUT2D eigenvalue weighted by Gasteiger charge is 2.54. The topological polar surface area (TPSA) is 95.7 Å². The molecule has 2 saturated carbocycles. The van der Waals surface area contributed by atoms with Gasteiger partial charge < -0.3 is 19.2 Å². The number of fused-ring (bicyclic) bond motifs is 1. The van der Waals surface area contributed by atoms with Gasteiger partial charge in [-0.25, -0.2) is 4.39 Å². The molecule has 0 bridgehead atoms. The first-order chi connectivity index (χ1) is 15.7. The van der Waals surface area contributed by atoms with Crippen LogP contribution in [-0.2, 0) is 14.3 Å². The van der Waals surface area contributed by atoms with Gasteiger partial charge in [-0.2, -0.15) is 0 Å². The Kier molecular flexibility index (Phi) is 5.73. The summed E-state index contributed by atoms with van der Waals surface area (Å²) >= 11 is 0. The van der Waals surface area contributed by atoms with Crippen molar-refractivity contribution in [3.8, 4) is 5.75 Å². The summed E-state index contributed by atoms with van der Waals surface area (Å²) in [6.07, 6.45) is -4.77. The molecule has 3 aliphatic rings. The summed E-state index contributed by atoms with van der Waals surface area (Å²) in [6, 6.07) is 5.21. The smallest absolute Gasteiger partial charge is 0.484 e. The van der Waals surface area contributed by atoms with E-state index in [4.69, 9.17) is 13.9 Å². The highest BCUT2D eigenvalue weighted by atomic mass is 19.4. The van der Waals surface area contributed by atoms with E-state index in [1.54, 1.807) is 0 Å². The van der Waals surface area contributed by atoms with Gasteiger partial charge in [0.05, 0.1) is 18.8 Å². The number of nitrogens with zero attached hydrogens (tertiary/aromatic N) is 2. The third-order valence-electron chi connectivity index (χ3n) is 6.23. The van der Waals surface area contributed by atoms with Crippen LogP contribution in [0.15, 0.2) is 28.7 Å². The summed E-state index contributed by atoms with van der Waals surface area (Å²) < 4.78 is 70.6. The van der Waals surface area contributed by atoms with Crippen LogP contribution in [0.4, 0.5) is 17.6 Å². The molecule has 1 amide bonds. The number of carbonyl (C=O) groups is 1. The lowest BCUT2D eigenvalue weighted by molar-refractivity contribution is -0.352. The van der Waals surface area contributed by atoms with Crippen LogP contribution < -0.4 is 10.1 Å². The van der Waals surface area contributed by atoms with Crippen molar-refractivity contribution < 1.29 is 41.0 Å². The Morgan fingerprint density at radius 1 is 1.09 bits per heavy atom. The molecule has 2 heterocycles. The zero-order valence-electron chi connectivity index (χ0n) is 17.3. The lowest BCUT2D eigenvalue weighted by Crippen LogP contribution is -2.45. The SMILES string of the molecule is O=C(COc1ccc(F)cc1)N[C@@H]1CO[C@@H](c2nnc(C3CC(OC(F)(F)F)C3)o2)[C@@H]2C[C@@H]21. The third kappa shape index (κ3) is 5.11. The molecule has 1 N–H and O–H groups in total. The zero-order chi connectivity index (χ0) is 23.2. The second-order valence-corrected chi connectivity index (χ2v) is 8.57. The van der Waals surface area contributed by atoms with Crippen LogP contribution in [-0.4, -0.2) is 47.8 Å². The first-order valence-electron chi connectivity index (χ1n) is 10.6. The van der Waals surface area contributed by atoms with Crippen LogP contribution in [0.5, 0.6) is 5.75 Å². The first kappa shape index (κ1) is 22.1. The van der Waals surface area contributed by atoms with Crippen molar-refractivity contribution in [3.05, 3.63) is 41.9 Å². The Labute approximate surface area is 185 Å². The third-order valence-corrected chi connectivity index (χ3v) is 6.23. The van der Waals surface area contributed by atoms with E-state index in [-0.39, 0.29) is 61.6 Å². The number of rotatable bonds is 7. The van der Waals surface area contributed by atoms with E-state index >= 15 is 0 Å². The van der Waals surface area contributed by atoms with Crippen LogP contribution in [0, 0.1) is 17.7 Å². The van der Waals surface area contributed by atoms with Crippen LogP contribution in [0.1, 0.15) is 43.1 Å². The highest BCUT2D eigenvalue weighted by molar-refractivity contribution is 5.78. The van der Waals surface area contributed by atoms with Crippen molar-refractivity contribution in [1.29, 1.82) is 0 Å². The summed E-state index contributed by atoms with van der Waals surface area (Å²) in [5.74, 6) is 0.346. The fourth-order valence-electron chi connectivity index (χ4n) is 4.41. The fraction of sp³-hybridized carbons (Fsp3) is 0.571. The van der Waals surface area contributed by atoms with Gasteiger partial charge in [-0.15, -0.1) is 23.4 Å². The lowest BCUT2D eigenvalue weighted by atomic mass is 9.82. The van der Waals surface area contributed by atoms with Crippen LogP contribution in [0.25, 0.3) is 0 Å². The van der Waals surface area contributed by atoms with E-state index in [0.717, 1.165) is 6.42 Å². The lowest BCUT2D eigenvalue weighted by Gasteiger charge is -2.33. The summed E-state index contributed by atoms with van der Waals surface area (Å²) in [7, 11) is 0. The van der Waals surface area contributed by atoms with E-state index in [2.05, 4.69) is 20.3 Å². The number of ether oxygens (including phenoxy) is 3. The van der Waals surface area contributed by atoms with Gasteiger partial charge in [-0.05, 0) is 55.4 Å². The zero-order valence-corrected chi connectivity index (χ0v) is 17.3. The number of amides is 1. The molecule has 0 spiro atoms. The molecule has 2 aromatic rings. The van der Waals surface area contributed by atoms with Crippen molar-refractivity contribution in [1.82, 2.24) is 15.5 Å². The molecule has 178 valence electrons. The van der Waals surface area contributed by atoms with Crippen LogP contribution in [0.3, 0.4) is 0 Å². The Morgan fingerprint density at radius 2 is 1.82 bits per heavy atom. The number of benzene rings is 1. The summed E-state index contributed by atoms with van der Waals surface area (Å²) in [5, 5.41) is 10.9. The molecular weight excluding hydrogens is 450 g/mol. The molecule has 3 fully saturated rings. The number of carbonyl (C=O) groups excluding carboxylic acids is 1.